The summed E-state index contributed by atoms with van der Waals surface area (Å²) in [6, 6.07) is 0.119. The van der Waals surface area contributed by atoms with Gasteiger partial charge in [-0.1, -0.05) is 13.8 Å². The molecule has 5 atom stereocenters. The number of hydrogen-bond acceptors (Lipinski definition) is 3. The van der Waals surface area contributed by atoms with E-state index >= 15 is 0 Å². The molecule has 0 radical (unpaired) electrons. The number of nitrogens with one attached hydrogen (secondary N) is 1. The van der Waals surface area contributed by atoms with Crippen molar-refractivity contribution >= 4 is 10.0 Å². The molecule has 0 unspecified atom stereocenters. The maximum absolute atomic E-state index is 12.3. The van der Waals surface area contributed by atoms with Gasteiger partial charge in [0.1, 0.15) is 5.25 Å². The molecule has 1 aliphatic heterocycles. The van der Waals surface area contributed by atoms with E-state index in [1.807, 2.05) is 6.92 Å². The highest BCUT2D eigenvalue weighted by atomic mass is 32.2. The fourth-order valence-electron chi connectivity index (χ4n) is 3.09. The second-order valence-electron chi connectivity index (χ2n) is 6.03. The lowest BCUT2D eigenvalue weighted by molar-refractivity contribution is 0.126. The highest BCUT2D eigenvalue weighted by Gasteiger charge is 2.38. The van der Waals surface area contributed by atoms with Gasteiger partial charge in [0.25, 0.3) is 0 Å². The minimum Gasteiger partial charge on any atom is -0.377 e. The number of sulfonamides is 1. The van der Waals surface area contributed by atoms with Crippen LogP contribution in [0.1, 0.15) is 46.5 Å². The first kappa shape index (κ1) is 14.3. The summed E-state index contributed by atoms with van der Waals surface area (Å²) in [5, 5.41) is -0.368. The summed E-state index contributed by atoms with van der Waals surface area (Å²) in [4.78, 5) is 0. The largest absolute Gasteiger partial charge is 0.377 e. The van der Waals surface area contributed by atoms with Crippen LogP contribution >= 0.6 is 0 Å². The lowest BCUT2D eigenvalue weighted by Crippen LogP contribution is -2.45. The summed E-state index contributed by atoms with van der Waals surface area (Å²) in [5.41, 5.74) is 0. The zero-order valence-electron chi connectivity index (χ0n) is 11.6. The number of rotatable bonds is 3. The Balaban J connectivity index is 1.96. The Kier molecular flexibility index (Phi) is 4.34. The highest BCUT2D eigenvalue weighted by Crippen LogP contribution is 2.30. The molecule has 0 bridgehead atoms. The summed E-state index contributed by atoms with van der Waals surface area (Å²) in [6.07, 6.45) is 3.48. The first-order valence-corrected chi connectivity index (χ1v) is 8.57. The molecule has 4 nitrogen and oxygen atoms in total. The van der Waals surface area contributed by atoms with Crippen molar-refractivity contribution in [2.45, 2.75) is 63.9 Å². The van der Waals surface area contributed by atoms with Crippen molar-refractivity contribution in [3.05, 3.63) is 0 Å². The van der Waals surface area contributed by atoms with Gasteiger partial charge >= 0.3 is 0 Å². The third-order valence-electron chi connectivity index (χ3n) is 4.63. The lowest BCUT2D eigenvalue weighted by atomic mass is 9.79. The maximum Gasteiger partial charge on any atom is 0.217 e. The van der Waals surface area contributed by atoms with Crippen molar-refractivity contribution in [1.82, 2.24) is 4.72 Å². The van der Waals surface area contributed by atoms with E-state index in [0.717, 1.165) is 19.3 Å². The average Bonchev–Trinajstić information content (AvgIpc) is 2.70. The Labute approximate surface area is 111 Å². The molecule has 1 saturated heterocycles. The molecule has 0 aromatic carbocycles. The molecule has 1 heterocycles. The molecule has 1 N–H and O–H groups in total. The standard InChI is InChI=1S/C13H25NO3S/c1-9-4-5-12(8-10(9)2)14-18(15,16)13-6-7-17-11(13)3/h9-14H,4-8H2,1-3H3/t9-,10+,11-,12+,13-/m1/s1. The van der Waals surface area contributed by atoms with Crippen molar-refractivity contribution in [1.29, 1.82) is 0 Å². The van der Waals surface area contributed by atoms with E-state index in [0.29, 0.717) is 24.9 Å². The van der Waals surface area contributed by atoms with Crippen LogP contribution in [0.25, 0.3) is 0 Å². The van der Waals surface area contributed by atoms with Crippen molar-refractivity contribution in [3.8, 4) is 0 Å². The van der Waals surface area contributed by atoms with Crippen LogP contribution in [0.4, 0.5) is 0 Å². The molecule has 2 rings (SSSR count). The molecule has 106 valence electrons. The SMILES string of the molecule is C[C@@H]1CC[C@H](NS(=O)(=O)[C@@H]2CCO[C@@H]2C)C[C@@H]1C. The topological polar surface area (TPSA) is 55.4 Å². The van der Waals surface area contributed by atoms with Crippen LogP contribution in [0.2, 0.25) is 0 Å². The molecular weight excluding hydrogens is 250 g/mol. The molecule has 1 aliphatic carbocycles. The van der Waals surface area contributed by atoms with Gasteiger partial charge in [-0.05, 0) is 44.4 Å². The zero-order valence-corrected chi connectivity index (χ0v) is 12.4. The second kappa shape index (κ2) is 5.47. The number of ether oxygens (including phenoxy) is 1. The molecule has 5 heteroatoms. The Hall–Kier alpha value is -0.130. The van der Waals surface area contributed by atoms with E-state index in [2.05, 4.69) is 18.6 Å². The Morgan fingerprint density at radius 1 is 1.06 bits per heavy atom. The van der Waals surface area contributed by atoms with Crippen molar-refractivity contribution in [2.24, 2.45) is 11.8 Å². The molecular formula is C13H25NO3S. The van der Waals surface area contributed by atoms with Gasteiger partial charge in [-0.25, -0.2) is 13.1 Å². The van der Waals surface area contributed by atoms with Gasteiger partial charge in [0.2, 0.25) is 10.0 Å². The normalized spacial score (nSPS) is 42.1. The molecule has 2 fully saturated rings. The smallest absolute Gasteiger partial charge is 0.217 e. The zero-order chi connectivity index (χ0) is 13.3. The second-order valence-corrected chi connectivity index (χ2v) is 7.96. The minimum atomic E-state index is -3.22. The van der Waals surface area contributed by atoms with E-state index in [1.165, 1.54) is 0 Å². The Bertz CT molecular complexity index is 382. The van der Waals surface area contributed by atoms with Gasteiger partial charge < -0.3 is 4.74 Å². The molecule has 18 heavy (non-hydrogen) atoms. The van der Waals surface area contributed by atoms with Gasteiger partial charge in [-0.15, -0.1) is 0 Å². The Morgan fingerprint density at radius 2 is 1.78 bits per heavy atom. The molecule has 0 aromatic heterocycles. The summed E-state index contributed by atoms with van der Waals surface area (Å²) >= 11 is 0. The Morgan fingerprint density at radius 3 is 2.33 bits per heavy atom. The van der Waals surface area contributed by atoms with Gasteiger partial charge in [0, 0.05) is 12.6 Å². The van der Waals surface area contributed by atoms with E-state index in [9.17, 15) is 8.42 Å². The van der Waals surface area contributed by atoms with Gasteiger partial charge in [0.15, 0.2) is 0 Å². The molecule has 0 amide bonds. The number of hydrogen-bond donors (Lipinski definition) is 1. The van der Waals surface area contributed by atoms with Crippen LogP contribution in [-0.4, -0.2) is 32.4 Å². The van der Waals surface area contributed by atoms with Crippen molar-refractivity contribution < 1.29 is 13.2 Å². The summed E-state index contributed by atoms with van der Waals surface area (Å²) < 4.78 is 32.9. The van der Waals surface area contributed by atoms with Crippen molar-refractivity contribution in [2.75, 3.05) is 6.61 Å². The molecule has 0 spiro atoms. The maximum atomic E-state index is 12.3. The van der Waals surface area contributed by atoms with Crippen LogP contribution in [-0.2, 0) is 14.8 Å². The molecule has 1 saturated carbocycles. The van der Waals surface area contributed by atoms with E-state index < -0.39 is 10.0 Å². The summed E-state index contributed by atoms with van der Waals surface area (Å²) in [5.74, 6) is 1.31. The summed E-state index contributed by atoms with van der Waals surface area (Å²) in [7, 11) is -3.22. The van der Waals surface area contributed by atoms with Gasteiger partial charge in [-0.2, -0.15) is 0 Å². The van der Waals surface area contributed by atoms with E-state index in [-0.39, 0.29) is 17.4 Å². The van der Waals surface area contributed by atoms with Gasteiger partial charge in [-0.3, -0.25) is 0 Å². The minimum absolute atomic E-state index is 0.119. The predicted molar refractivity (Wildman–Crippen MR) is 71.8 cm³/mol. The third-order valence-corrected chi connectivity index (χ3v) is 6.71. The van der Waals surface area contributed by atoms with Crippen LogP contribution < -0.4 is 4.72 Å². The summed E-state index contributed by atoms with van der Waals surface area (Å²) in [6.45, 7) is 6.88. The third kappa shape index (κ3) is 3.06. The van der Waals surface area contributed by atoms with Crippen molar-refractivity contribution in [3.63, 3.8) is 0 Å². The van der Waals surface area contributed by atoms with E-state index in [1.54, 1.807) is 0 Å². The van der Waals surface area contributed by atoms with E-state index in [4.69, 9.17) is 4.74 Å². The molecule has 2 aliphatic rings. The van der Waals surface area contributed by atoms with Crippen LogP contribution in [0, 0.1) is 11.8 Å². The highest BCUT2D eigenvalue weighted by molar-refractivity contribution is 7.90. The first-order chi connectivity index (χ1) is 8.40. The van der Waals surface area contributed by atoms with Crippen LogP contribution in [0.5, 0.6) is 0 Å². The first-order valence-electron chi connectivity index (χ1n) is 7.03. The van der Waals surface area contributed by atoms with Gasteiger partial charge in [0.05, 0.1) is 6.10 Å². The lowest BCUT2D eigenvalue weighted by Gasteiger charge is -2.33. The quantitative estimate of drug-likeness (QED) is 0.856. The molecule has 0 aromatic rings. The fourth-order valence-corrected chi connectivity index (χ4v) is 4.94. The van der Waals surface area contributed by atoms with Crippen LogP contribution in [0.15, 0.2) is 0 Å². The van der Waals surface area contributed by atoms with Crippen LogP contribution in [0.3, 0.4) is 0 Å². The average molecular weight is 275 g/mol. The predicted octanol–water partition coefficient (Wildman–Crippen LogP) is 1.91. The monoisotopic (exact) mass is 275 g/mol. The fraction of sp³-hybridized carbons (Fsp3) is 1.00.